The number of likely N-dealkylation sites (N-methyl/N-ethyl adjacent to an activating group) is 1. The maximum absolute atomic E-state index is 5.79. The van der Waals surface area contributed by atoms with Gasteiger partial charge in [0.25, 0.3) is 0 Å². The monoisotopic (exact) mass is 256 g/mol. The van der Waals surface area contributed by atoms with Crippen LogP contribution < -0.4 is 10.6 Å². The Morgan fingerprint density at radius 3 is 2.53 bits per heavy atom. The highest BCUT2D eigenvalue weighted by atomic mass is 15.1. The van der Waals surface area contributed by atoms with Gasteiger partial charge in [-0.05, 0) is 43.2 Å². The molecule has 1 atom stereocenters. The molecule has 0 spiro atoms. The summed E-state index contributed by atoms with van der Waals surface area (Å²) in [5.41, 5.74) is 9.12. The van der Waals surface area contributed by atoms with Gasteiger partial charge < -0.3 is 10.6 Å². The van der Waals surface area contributed by atoms with Crippen LogP contribution in [0.3, 0.4) is 0 Å². The number of rotatable bonds is 5. The van der Waals surface area contributed by atoms with E-state index in [0.717, 1.165) is 24.3 Å². The van der Waals surface area contributed by atoms with Gasteiger partial charge in [-0.25, -0.2) is 0 Å². The molecular weight excluding hydrogens is 236 g/mol. The lowest BCUT2D eigenvalue weighted by Crippen LogP contribution is -2.20. The highest BCUT2D eigenvalue weighted by Crippen LogP contribution is 2.14. The Kier molecular flexibility index (Phi) is 4.47. The summed E-state index contributed by atoms with van der Waals surface area (Å²) in [6, 6.07) is 8.13. The summed E-state index contributed by atoms with van der Waals surface area (Å²) in [7, 11) is 2.07. The van der Waals surface area contributed by atoms with Crippen molar-refractivity contribution >= 4 is 5.69 Å². The summed E-state index contributed by atoms with van der Waals surface area (Å²) in [5, 5.41) is 0. The van der Waals surface area contributed by atoms with Crippen LogP contribution in [0.15, 0.2) is 42.9 Å². The molecular formula is C15H20N4. The van der Waals surface area contributed by atoms with Gasteiger partial charge in [0.05, 0.1) is 17.6 Å². The second-order valence-corrected chi connectivity index (χ2v) is 4.76. The van der Waals surface area contributed by atoms with E-state index in [1.165, 1.54) is 5.56 Å². The molecule has 0 saturated carbocycles. The van der Waals surface area contributed by atoms with E-state index < -0.39 is 0 Å². The van der Waals surface area contributed by atoms with Gasteiger partial charge in [0, 0.05) is 32.0 Å². The third-order valence-corrected chi connectivity index (χ3v) is 3.16. The van der Waals surface area contributed by atoms with Crippen molar-refractivity contribution in [2.75, 3.05) is 18.5 Å². The quantitative estimate of drug-likeness (QED) is 0.891. The van der Waals surface area contributed by atoms with Gasteiger partial charge in [-0.1, -0.05) is 0 Å². The molecule has 0 aliphatic carbocycles. The molecule has 4 nitrogen and oxygen atoms in total. The summed E-state index contributed by atoms with van der Waals surface area (Å²) < 4.78 is 0. The number of aromatic nitrogens is 2. The highest BCUT2D eigenvalue weighted by Gasteiger charge is 2.04. The van der Waals surface area contributed by atoms with Gasteiger partial charge in [-0.2, -0.15) is 0 Å². The summed E-state index contributed by atoms with van der Waals surface area (Å²) in [5.74, 6) is 0. The molecule has 0 bridgehead atoms. The van der Waals surface area contributed by atoms with Crippen molar-refractivity contribution in [3.05, 3.63) is 54.1 Å². The average Bonchev–Trinajstić information content (AvgIpc) is 2.46. The summed E-state index contributed by atoms with van der Waals surface area (Å²) in [6.45, 7) is 2.89. The molecule has 4 heteroatoms. The maximum Gasteiger partial charge on any atom is 0.0569 e. The molecule has 0 unspecified atom stereocenters. The van der Waals surface area contributed by atoms with E-state index >= 15 is 0 Å². The topological polar surface area (TPSA) is 55.0 Å². The van der Waals surface area contributed by atoms with Gasteiger partial charge in [-0.15, -0.1) is 0 Å². The third-order valence-electron chi connectivity index (χ3n) is 3.16. The van der Waals surface area contributed by atoms with E-state index in [4.69, 9.17) is 5.73 Å². The molecule has 0 amide bonds. The molecule has 0 saturated heterocycles. The molecule has 0 aromatic carbocycles. The molecule has 100 valence electrons. The first-order valence-electron chi connectivity index (χ1n) is 6.48. The number of hydrogen-bond acceptors (Lipinski definition) is 4. The first-order valence-corrected chi connectivity index (χ1v) is 6.48. The zero-order valence-corrected chi connectivity index (χ0v) is 11.5. The van der Waals surface area contributed by atoms with Crippen molar-refractivity contribution in [2.24, 2.45) is 5.73 Å². The molecule has 2 rings (SSSR count). The first kappa shape index (κ1) is 13.5. The summed E-state index contributed by atoms with van der Waals surface area (Å²) in [4.78, 5) is 10.6. The molecule has 0 aliphatic heterocycles. The van der Waals surface area contributed by atoms with Crippen LogP contribution in [0.4, 0.5) is 5.69 Å². The molecule has 0 radical (unpaired) electrons. The summed E-state index contributed by atoms with van der Waals surface area (Å²) >= 11 is 0. The zero-order valence-electron chi connectivity index (χ0n) is 11.5. The fourth-order valence-corrected chi connectivity index (χ4v) is 1.87. The van der Waals surface area contributed by atoms with E-state index in [2.05, 4.69) is 28.0 Å². The van der Waals surface area contributed by atoms with Gasteiger partial charge in [0.15, 0.2) is 0 Å². The lowest BCUT2D eigenvalue weighted by molar-refractivity contribution is 0.778. The van der Waals surface area contributed by atoms with Crippen LogP contribution in [0.25, 0.3) is 0 Å². The van der Waals surface area contributed by atoms with Gasteiger partial charge in [0.2, 0.25) is 0 Å². The van der Waals surface area contributed by atoms with Crippen LogP contribution in [0, 0.1) is 0 Å². The van der Waals surface area contributed by atoms with E-state index in [9.17, 15) is 0 Å². The standard InChI is InChI=1S/C15H20N4/c1-12(16)15-4-3-14(11-18-15)19(2)10-7-13-5-8-17-9-6-13/h3-6,8-9,11-12H,7,10,16H2,1-2H3/t12-/m0/s1. The third kappa shape index (κ3) is 3.76. The van der Waals surface area contributed by atoms with Crippen LogP contribution in [0.2, 0.25) is 0 Å². The molecule has 19 heavy (non-hydrogen) atoms. The lowest BCUT2D eigenvalue weighted by Gasteiger charge is -2.19. The fraction of sp³-hybridized carbons (Fsp3) is 0.333. The predicted molar refractivity (Wildman–Crippen MR) is 78.1 cm³/mol. The minimum atomic E-state index is -0.0174. The Balaban J connectivity index is 1.94. The minimum Gasteiger partial charge on any atom is -0.373 e. The van der Waals surface area contributed by atoms with Gasteiger partial charge >= 0.3 is 0 Å². The Labute approximate surface area is 114 Å². The van der Waals surface area contributed by atoms with Crippen LogP contribution >= 0.6 is 0 Å². The number of nitrogens with two attached hydrogens (primary N) is 1. The SMILES string of the molecule is C[C@H](N)c1ccc(N(C)CCc2ccncc2)cn1. The van der Waals surface area contributed by atoms with Crippen molar-refractivity contribution in [3.63, 3.8) is 0 Å². The largest absolute Gasteiger partial charge is 0.373 e. The van der Waals surface area contributed by atoms with Gasteiger partial charge in [0.1, 0.15) is 0 Å². The maximum atomic E-state index is 5.79. The number of nitrogens with zero attached hydrogens (tertiary/aromatic N) is 3. The fourth-order valence-electron chi connectivity index (χ4n) is 1.87. The first-order chi connectivity index (χ1) is 9.16. The van der Waals surface area contributed by atoms with Crippen molar-refractivity contribution in [1.29, 1.82) is 0 Å². The number of pyridine rings is 2. The van der Waals surface area contributed by atoms with E-state index in [1.54, 1.807) is 0 Å². The van der Waals surface area contributed by atoms with Crippen LogP contribution in [-0.4, -0.2) is 23.6 Å². The zero-order chi connectivity index (χ0) is 13.7. The normalized spacial score (nSPS) is 12.2. The van der Waals surface area contributed by atoms with Crippen molar-refractivity contribution < 1.29 is 0 Å². The lowest BCUT2D eigenvalue weighted by atomic mass is 10.2. The van der Waals surface area contributed by atoms with E-state index in [1.807, 2.05) is 43.7 Å². The van der Waals surface area contributed by atoms with Crippen LogP contribution in [-0.2, 0) is 6.42 Å². The van der Waals surface area contributed by atoms with Gasteiger partial charge in [-0.3, -0.25) is 9.97 Å². The Morgan fingerprint density at radius 1 is 1.21 bits per heavy atom. The van der Waals surface area contributed by atoms with E-state index in [-0.39, 0.29) is 6.04 Å². The molecule has 2 N–H and O–H groups in total. The second-order valence-electron chi connectivity index (χ2n) is 4.76. The van der Waals surface area contributed by atoms with Crippen LogP contribution in [0.1, 0.15) is 24.2 Å². The smallest absolute Gasteiger partial charge is 0.0569 e. The molecule has 0 aliphatic rings. The highest BCUT2D eigenvalue weighted by molar-refractivity contribution is 5.44. The number of hydrogen-bond donors (Lipinski definition) is 1. The average molecular weight is 256 g/mol. The summed E-state index contributed by atoms with van der Waals surface area (Å²) in [6.07, 6.45) is 6.53. The minimum absolute atomic E-state index is 0.0174. The van der Waals surface area contributed by atoms with Crippen molar-refractivity contribution in [2.45, 2.75) is 19.4 Å². The number of anilines is 1. The Morgan fingerprint density at radius 2 is 1.95 bits per heavy atom. The second kappa shape index (κ2) is 6.29. The molecule has 2 aromatic rings. The molecule has 2 aromatic heterocycles. The Bertz CT molecular complexity index is 493. The van der Waals surface area contributed by atoms with Crippen LogP contribution in [0.5, 0.6) is 0 Å². The Hall–Kier alpha value is -1.94. The van der Waals surface area contributed by atoms with Crippen molar-refractivity contribution in [1.82, 2.24) is 9.97 Å². The predicted octanol–water partition coefficient (Wildman–Crippen LogP) is 2.18. The van der Waals surface area contributed by atoms with Crippen molar-refractivity contribution in [3.8, 4) is 0 Å². The van der Waals surface area contributed by atoms with E-state index in [0.29, 0.717) is 0 Å². The molecule has 0 fully saturated rings. The molecule has 2 heterocycles.